The largest absolute Gasteiger partial charge is 0.468 e. The molecule has 1 rings (SSSR count). The second-order valence-corrected chi connectivity index (χ2v) is 5.73. The number of methoxy groups -OCH3 is 1. The van der Waals surface area contributed by atoms with Gasteiger partial charge in [0.1, 0.15) is 5.54 Å². The Balaban J connectivity index is 2.84. The van der Waals surface area contributed by atoms with E-state index in [4.69, 9.17) is 4.74 Å². The van der Waals surface area contributed by atoms with E-state index in [0.717, 1.165) is 25.1 Å². The molecule has 5 heteroatoms. The van der Waals surface area contributed by atoms with Crippen LogP contribution in [0.3, 0.4) is 0 Å². The van der Waals surface area contributed by atoms with Crippen molar-refractivity contribution < 1.29 is 9.53 Å². The van der Waals surface area contributed by atoms with Crippen LogP contribution in [0.5, 0.6) is 0 Å². The summed E-state index contributed by atoms with van der Waals surface area (Å²) < 4.78 is 6.95. The Morgan fingerprint density at radius 1 is 1.38 bits per heavy atom. The van der Waals surface area contributed by atoms with Crippen LogP contribution in [0, 0.1) is 13.8 Å². The van der Waals surface area contributed by atoms with Gasteiger partial charge in [0, 0.05) is 12.2 Å². The van der Waals surface area contributed by atoms with Crippen molar-refractivity contribution >= 4 is 5.97 Å². The Morgan fingerprint density at radius 3 is 2.52 bits per heavy atom. The summed E-state index contributed by atoms with van der Waals surface area (Å²) in [6, 6.07) is 0. The van der Waals surface area contributed by atoms with Gasteiger partial charge in [0.25, 0.3) is 0 Å². The van der Waals surface area contributed by atoms with Gasteiger partial charge in [-0.3, -0.25) is 9.48 Å². The number of aryl methyl sites for hydroxylation is 2. The van der Waals surface area contributed by atoms with Crippen molar-refractivity contribution in [2.24, 2.45) is 0 Å². The monoisotopic (exact) mass is 295 g/mol. The van der Waals surface area contributed by atoms with Crippen LogP contribution in [0.2, 0.25) is 0 Å². The Kier molecular flexibility index (Phi) is 6.40. The summed E-state index contributed by atoms with van der Waals surface area (Å²) in [7, 11) is 1.44. The first-order valence-electron chi connectivity index (χ1n) is 7.75. The summed E-state index contributed by atoms with van der Waals surface area (Å²) >= 11 is 0. The van der Waals surface area contributed by atoms with Gasteiger partial charge in [-0.1, -0.05) is 13.8 Å². The van der Waals surface area contributed by atoms with E-state index in [9.17, 15) is 4.79 Å². The van der Waals surface area contributed by atoms with Gasteiger partial charge in [-0.2, -0.15) is 5.10 Å². The van der Waals surface area contributed by atoms with E-state index in [-0.39, 0.29) is 5.97 Å². The highest BCUT2D eigenvalue weighted by Crippen LogP contribution is 2.18. The summed E-state index contributed by atoms with van der Waals surface area (Å²) in [6.07, 6.45) is 2.62. The topological polar surface area (TPSA) is 56.2 Å². The number of esters is 1. The van der Waals surface area contributed by atoms with Crippen molar-refractivity contribution in [3.63, 3.8) is 0 Å². The third-order valence-corrected chi connectivity index (χ3v) is 4.11. The Morgan fingerprint density at radius 2 is 2.05 bits per heavy atom. The van der Waals surface area contributed by atoms with Gasteiger partial charge < -0.3 is 10.1 Å². The molecule has 1 heterocycles. The Bertz CT molecular complexity index is 482. The summed E-state index contributed by atoms with van der Waals surface area (Å²) in [5.74, 6) is -0.215. The number of nitrogens with zero attached hydrogens (tertiary/aromatic N) is 2. The number of rotatable bonds is 8. The van der Waals surface area contributed by atoms with Gasteiger partial charge in [0.2, 0.25) is 0 Å². The smallest absolute Gasteiger partial charge is 0.325 e. The van der Waals surface area contributed by atoms with Crippen LogP contribution in [-0.2, 0) is 22.5 Å². The zero-order chi connectivity index (χ0) is 16.0. The summed E-state index contributed by atoms with van der Waals surface area (Å²) in [5.41, 5.74) is 2.91. The number of hydrogen-bond donors (Lipinski definition) is 1. The van der Waals surface area contributed by atoms with Gasteiger partial charge in [-0.15, -0.1) is 0 Å². The standard InChI is InChI=1S/C16H29N3O2/c1-7-10-17-16(5,15(20)21-6)9-11-19-13(4)14(8-2)12(3)18-19/h17H,7-11H2,1-6H3. The first kappa shape index (κ1) is 17.7. The number of hydrogen-bond acceptors (Lipinski definition) is 4. The fraction of sp³-hybridized carbons (Fsp3) is 0.750. The van der Waals surface area contributed by atoms with Gasteiger partial charge in [-0.25, -0.2) is 0 Å². The van der Waals surface area contributed by atoms with Crippen LogP contribution in [0.1, 0.15) is 50.6 Å². The van der Waals surface area contributed by atoms with E-state index in [1.165, 1.54) is 18.4 Å². The van der Waals surface area contributed by atoms with Crippen LogP contribution in [0.25, 0.3) is 0 Å². The molecule has 1 atom stereocenters. The van der Waals surface area contributed by atoms with Crippen LogP contribution in [0.4, 0.5) is 0 Å². The Hall–Kier alpha value is -1.36. The molecule has 0 radical (unpaired) electrons. The predicted octanol–water partition coefficient (Wildman–Crippen LogP) is 2.38. The summed E-state index contributed by atoms with van der Waals surface area (Å²) in [4.78, 5) is 12.1. The minimum absolute atomic E-state index is 0.215. The van der Waals surface area contributed by atoms with Gasteiger partial charge in [0.15, 0.2) is 0 Å². The molecule has 0 aromatic carbocycles. The van der Waals surface area contributed by atoms with Gasteiger partial charge in [-0.05, 0) is 52.1 Å². The second-order valence-electron chi connectivity index (χ2n) is 5.73. The van der Waals surface area contributed by atoms with E-state index in [2.05, 4.69) is 31.2 Å². The molecule has 1 aromatic rings. The van der Waals surface area contributed by atoms with Crippen molar-refractivity contribution in [2.45, 2.75) is 66.0 Å². The fourth-order valence-electron chi connectivity index (χ4n) is 2.68. The number of aromatic nitrogens is 2. The zero-order valence-electron chi connectivity index (χ0n) is 14.2. The Labute approximate surface area is 128 Å². The summed E-state index contributed by atoms with van der Waals surface area (Å²) in [6.45, 7) is 11.8. The van der Waals surface area contributed by atoms with E-state index in [1.54, 1.807) is 0 Å². The quantitative estimate of drug-likeness (QED) is 0.748. The van der Waals surface area contributed by atoms with Crippen LogP contribution in [0.15, 0.2) is 0 Å². The molecule has 1 unspecified atom stereocenters. The van der Waals surface area contributed by atoms with E-state index in [1.807, 2.05) is 18.5 Å². The minimum Gasteiger partial charge on any atom is -0.468 e. The van der Waals surface area contributed by atoms with Crippen molar-refractivity contribution in [1.29, 1.82) is 0 Å². The lowest BCUT2D eigenvalue weighted by atomic mass is 9.97. The van der Waals surface area contributed by atoms with Crippen LogP contribution < -0.4 is 5.32 Å². The molecule has 0 bridgehead atoms. The highest BCUT2D eigenvalue weighted by molar-refractivity contribution is 5.80. The molecule has 0 aliphatic rings. The molecule has 0 saturated heterocycles. The maximum atomic E-state index is 12.1. The molecule has 0 saturated carbocycles. The maximum Gasteiger partial charge on any atom is 0.325 e. The van der Waals surface area contributed by atoms with Crippen molar-refractivity contribution in [3.05, 3.63) is 17.0 Å². The molecule has 0 spiro atoms. The zero-order valence-corrected chi connectivity index (χ0v) is 14.2. The molecule has 0 amide bonds. The molecule has 1 N–H and O–H groups in total. The third kappa shape index (κ3) is 4.06. The van der Waals surface area contributed by atoms with Crippen LogP contribution >= 0.6 is 0 Å². The molecule has 1 aromatic heterocycles. The molecule has 0 aliphatic heterocycles. The lowest BCUT2D eigenvalue weighted by Gasteiger charge is -2.28. The number of nitrogens with one attached hydrogen (secondary N) is 1. The highest BCUT2D eigenvalue weighted by Gasteiger charge is 2.33. The SMILES string of the molecule is CCCNC(C)(CCn1nc(C)c(CC)c1C)C(=O)OC. The highest BCUT2D eigenvalue weighted by atomic mass is 16.5. The predicted molar refractivity (Wildman–Crippen MR) is 84.4 cm³/mol. The fourth-order valence-corrected chi connectivity index (χ4v) is 2.68. The normalized spacial score (nSPS) is 14.0. The minimum atomic E-state index is -0.663. The van der Waals surface area contributed by atoms with Gasteiger partial charge in [0.05, 0.1) is 12.8 Å². The number of carbonyl (C=O) groups is 1. The molecular formula is C16H29N3O2. The molecule has 0 fully saturated rings. The first-order chi connectivity index (χ1) is 9.89. The molecule has 120 valence electrons. The van der Waals surface area contributed by atoms with E-state index < -0.39 is 5.54 Å². The maximum absolute atomic E-state index is 12.1. The first-order valence-corrected chi connectivity index (χ1v) is 7.75. The molecule has 21 heavy (non-hydrogen) atoms. The van der Waals surface area contributed by atoms with Crippen molar-refractivity contribution in [3.8, 4) is 0 Å². The molecule has 5 nitrogen and oxygen atoms in total. The van der Waals surface area contributed by atoms with Gasteiger partial charge >= 0.3 is 5.97 Å². The molecule has 0 aliphatic carbocycles. The third-order valence-electron chi connectivity index (χ3n) is 4.11. The second kappa shape index (κ2) is 7.59. The van der Waals surface area contributed by atoms with Crippen molar-refractivity contribution in [2.75, 3.05) is 13.7 Å². The summed E-state index contributed by atoms with van der Waals surface area (Å²) in [5, 5.41) is 7.89. The lowest BCUT2D eigenvalue weighted by Crippen LogP contribution is -2.51. The average Bonchev–Trinajstić information content (AvgIpc) is 2.75. The number of ether oxygens (including phenoxy) is 1. The number of carbonyl (C=O) groups excluding carboxylic acids is 1. The van der Waals surface area contributed by atoms with Crippen molar-refractivity contribution in [1.82, 2.24) is 15.1 Å². The lowest BCUT2D eigenvalue weighted by molar-refractivity contribution is -0.148. The van der Waals surface area contributed by atoms with E-state index in [0.29, 0.717) is 13.0 Å². The van der Waals surface area contributed by atoms with Crippen LogP contribution in [-0.4, -0.2) is 34.9 Å². The average molecular weight is 295 g/mol. The van der Waals surface area contributed by atoms with E-state index >= 15 is 0 Å². The molecular weight excluding hydrogens is 266 g/mol.